The van der Waals surface area contributed by atoms with Crippen LogP contribution >= 0.6 is 0 Å². The van der Waals surface area contributed by atoms with E-state index in [4.69, 9.17) is 0 Å². The van der Waals surface area contributed by atoms with Gasteiger partial charge < -0.3 is 10.1 Å². The average Bonchev–Trinajstić information content (AvgIpc) is 2.35. The van der Waals surface area contributed by atoms with E-state index in [2.05, 4.69) is 37.4 Å². The largest absolute Gasteiger partial charge is 0.388 e. The lowest BCUT2D eigenvalue weighted by molar-refractivity contribution is -0.107. The van der Waals surface area contributed by atoms with Crippen molar-refractivity contribution in [3.8, 4) is 0 Å². The molecule has 0 fully saturated rings. The Balaban J connectivity index is 0. The first-order chi connectivity index (χ1) is 7.67. The summed E-state index contributed by atoms with van der Waals surface area (Å²) in [6.07, 6.45) is 1.51. The van der Waals surface area contributed by atoms with Gasteiger partial charge in [0.2, 0.25) is 0 Å². The van der Waals surface area contributed by atoms with Crippen LogP contribution < -0.4 is 5.32 Å². The minimum atomic E-state index is 0.639. The molecule has 0 saturated carbocycles. The van der Waals surface area contributed by atoms with E-state index in [1.54, 1.807) is 0 Å². The zero-order valence-electron chi connectivity index (χ0n) is 11.4. The Morgan fingerprint density at radius 1 is 1.25 bits per heavy atom. The molecule has 16 heavy (non-hydrogen) atoms. The first kappa shape index (κ1) is 17.1. The van der Waals surface area contributed by atoms with Crippen LogP contribution in [0.25, 0.3) is 0 Å². The van der Waals surface area contributed by atoms with E-state index < -0.39 is 0 Å². The monoisotopic (exact) mass is 223 g/mol. The molecule has 0 bridgehead atoms. The molecule has 0 aliphatic rings. The van der Waals surface area contributed by atoms with Crippen molar-refractivity contribution in [2.75, 3.05) is 12.4 Å². The fourth-order valence-electron chi connectivity index (χ4n) is 1.02. The maximum atomic E-state index is 9.17. The highest BCUT2D eigenvalue weighted by atomic mass is 16.1. The molecule has 0 unspecified atom stereocenters. The van der Waals surface area contributed by atoms with Crippen LogP contribution in [0.1, 0.15) is 38.3 Å². The highest BCUT2D eigenvalue weighted by Gasteiger charge is 1.95. The molecule has 1 aromatic rings. The Labute approximate surface area is 100 Å². The van der Waals surface area contributed by atoms with Gasteiger partial charge >= 0.3 is 0 Å². The maximum absolute atomic E-state index is 9.17. The van der Waals surface area contributed by atoms with Crippen molar-refractivity contribution < 1.29 is 4.79 Å². The van der Waals surface area contributed by atoms with Gasteiger partial charge in [0.25, 0.3) is 0 Å². The molecular formula is C14H25NO. The lowest BCUT2D eigenvalue weighted by Crippen LogP contribution is -1.92. The van der Waals surface area contributed by atoms with Crippen LogP contribution in [0, 0.1) is 13.8 Å². The van der Waals surface area contributed by atoms with Crippen LogP contribution in [0.5, 0.6) is 0 Å². The lowest BCUT2D eigenvalue weighted by atomic mass is 10.1. The van der Waals surface area contributed by atoms with E-state index in [-0.39, 0.29) is 0 Å². The summed E-state index contributed by atoms with van der Waals surface area (Å²) in [5.74, 6) is 0. The van der Waals surface area contributed by atoms with Crippen LogP contribution in [0.15, 0.2) is 18.2 Å². The van der Waals surface area contributed by atoms with Crippen molar-refractivity contribution in [1.82, 2.24) is 0 Å². The van der Waals surface area contributed by atoms with Gasteiger partial charge in [-0.2, -0.15) is 0 Å². The number of carbonyl (C=O) groups is 1. The Morgan fingerprint density at radius 3 is 2.06 bits per heavy atom. The second kappa shape index (κ2) is 11.8. The number of rotatable bonds is 2. The molecule has 0 aliphatic carbocycles. The summed E-state index contributed by atoms with van der Waals surface area (Å²) in [6.45, 7) is 10.1. The van der Waals surface area contributed by atoms with E-state index in [1.807, 2.05) is 27.8 Å². The zero-order chi connectivity index (χ0) is 13.0. The van der Waals surface area contributed by atoms with Crippen molar-refractivity contribution >= 4 is 12.0 Å². The summed E-state index contributed by atoms with van der Waals surface area (Å²) >= 11 is 0. The summed E-state index contributed by atoms with van der Waals surface area (Å²) in [5, 5.41) is 3.14. The number of aldehydes is 1. The maximum Gasteiger partial charge on any atom is 0.119 e. The number of nitrogens with one attached hydrogen (secondary N) is 1. The smallest absolute Gasteiger partial charge is 0.119 e. The first-order valence-electron chi connectivity index (χ1n) is 5.85. The summed E-state index contributed by atoms with van der Waals surface area (Å²) in [6, 6.07) is 6.27. The van der Waals surface area contributed by atoms with Crippen molar-refractivity contribution in [1.29, 1.82) is 0 Å². The topological polar surface area (TPSA) is 29.1 Å². The van der Waals surface area contributed by atoms with Crippen molar-refractivity contribution in [2.24, 2.45) is 0 Å². The fraction of sp³-hybridized carbons (Fsp3) is 0.500. The Kier molecular flexibility index (Phi) is 12.6. The molecule has 0 atom stereocenters. The summed E-state index contributed by atoms with van der Waals surface area (Å²) < 4.78 is 0. The van der Waals surface area contributed by atoms with Crippen LogP contribution in [0.2, 0.25) is 0 Å². The average molecular weight is 223 g/mol. The van der Waals surface area contributed by atoms with Gasteiger partial charge in [-0.25, -0.2) is 0 Å². The predicted molar refractivity (Wildman–Crippen MR) is 73.2 cm³/mol. The van der Waals surface area contributed by atoms with Gasteiger partial charge in [0, 0.05) is 19.2 Å². The number of anilines is 1. The molecule has 0 radical (unpaired) electrons. The van der Waals surface area contributed by atoms with E-state index in [0.29, 0.717) is 6.42 Å². The number of aryl methyl sites for hydroxylation is 1. The minimum Gasteiger partial charge on any atom is -0.388 e. The molecule has 92 valence electrons. The normalized spacial score (nSPS) is 7.88. The van der Waals surface area contributed by atoms with Gasteiger partial charge in [-0.05, 0) is 31.0 Å². The van der Waals surface area contributed by atoms with Gasteiger partial charge in [-0.3, -0.25) is 0 Å². The van der Waals surface area contributed by atoms with E-state index in [1.165, 1.54) is 16.8 Å². The van der Waals surface area contributed by atoms with Crippen LogP contribution in [0.4, 0.5) is 5.69 Å². The van der Waals surface area contributed by atoms with Crippen molar-refractivity contribution in [2.45, 2.75) is 41.0 Å². The van der Waals surface area contributed by atoms with Crippen molar-refractivity contribution in [3.63, 3.8) is 0 Å². The molecule has 0 aromatic heterocycles. The molecule has 2 heteroatoms. The zero-order valence-corrected chi connectivity index (χ0v) is 11.4. The van der Waals surface area contributed by atoms with Gasteiger partial charge in [0.1, 0.15) is 6.29 Å². The quantitative estimate of drug-likeness (QED) is 0.769. The third kappa shape index (κ3) is 7.04. The van der Waals surface area contributed by atoms with Crippen LogP contribution in [-0.4, -0.2) is 13.3 Å². The second-order valence-corrected chi connectivity index (χ2v) is 3.07. The van der Waals surface area contributed by atoms with E-state index in [9.17, 15) is 4.79 Å². The molecule has 0 spiro atoms. The second-order valence-electron chi connectivity index (χ2n) is 3.07. The number of carbonyl (C=O) groups excluding carboxylic acids is 1. The summed E-state index contributed by atoms with van der Waals surface area (Å²) in [5.41, 5.74) is 3.90. The Hall–Kier alpha value is -1.31. The van der Waals surface area contributed by atoms with Crippen molar-refractivity contribution in [3.05, 3.63) is 29.3 Å². The first-order valence-corrected chi connectivity index (χ1v) is 5.85. The van der Waals surface area contributed by atoms with Gasteiger partial charge in [-0.1, -0.05) is 32.9 Å². The SMILES string of the molecule is CC.CCC=O.CNc1cccc(C)c1C. The van der Waals surface area contributed by atoms with Gasteiger partial charge in [0.15, 0.2) is 0 Å². The molecule has 0 aliphatic heterocycles. The number of hydrogen-bond acceptors (Lipinski definition) is 2. The molecule has 0 amide bonds. The molecule has 1 rings (SSSR count). The standard InChI is InChI=1S/C9H13N.C3H6O.C2H6/c1-7-5-4-6-9(10-3)8(7)2;1-2-3-4;1-2/h4-6,10H,1-3H3;3H,2H2,1H3;1-2H3. The van der Waals surface area contributed by atoms with Crippen LogP contribution in [0.3, 0.4) is 0 Å². The Morgan fingerprint density at radius 2 is 1.75 bits per heavy atom. The summed E-state index contributed by atoms with van der Waals surface area (Å²) in [7, 11) is 1.95. The van der Waals surface area contributed by atoms with E-state index >= 15 is 0 Å². The molecular weight excluding hydrogens is 198 g/mol. The predicted octanol–water partition coefficient (Wildman–Crippen LogP) is 3.97. The number of hydrogen-bond donors (Lipinski definition) is 1. The van der Waals surface area contributed by atoms with Gasteiger partial charge in [-0.15, -0.1) is 0 Å². The third-order valence-electron chi connectivity index (χ3n) is 2.04. The third-order valence-corrected chi connectivity index (χ3v) is 2.04. The fourth-order valence-corrected chi connectivity index (χ4v) is 1.02. The molecule has 2 nitrogen and oxygen atoms in total. The lowest BCUT2D eigenvalue weighted by Gasteiger charge is -2.06. The minimum absolute atomic E-state index is 0.639. The molecule has 0 heterocycles. The molecule has 1 N–H and O–H groups in total. The summed E-state index contributed by atoms with van der Waals surface area (Å²) in [4.78, 5) is 9.17. The molecule has 0 saturated heterocycles. The highest BCUT2D eigenvalue weighted by molar-refractivity contribution is 5.52. The van der Waals surface area contributed by atoms with Gasteiger partial charge in [0.05, 0.1) is 0 Å². The van der Waals surface area contributed by atoms with Crippen LogP contribution in [-0.2, 0) is 4.79 Å². The Bertz CT molecular complexity index is 282. The highest BCUT2D eigenvalue weighted by Crippen LogP contribution is 2.16. The number of benzene rings is 1. The molecule has 1 aromatic carbocycles. The van der Waals surface area contributed by atoms with E-state index in [0.717, 1.165) is 6.29 Å².